The maximum Gasteiger partial charge on any atom is 0.224 e. The Morgan fingerprint density at radius 1 is 1.10 bits per heavy atom. The summed E-state index contributed by atoms with van der Waals surface area (Å²) < 4.78 is 0. The second-order valence-corrected chi connectivity index (χ2v) is 8.50. The molecule has 0 bridgehead atoms. The number of aromatic nitrogens is 3. The molecule has 0 saturated carbocycles. The highest BCUT2D eigenvalue weighted by Gasteiger charge is 2.32. The highest BCUT2D eigenvalue weighted by atomic mass is 16.1. The Labute approximate surface area is 178 Å². The average molecular weight is 409 g/mol. The number of carbonyl (C=O) groups excluding carboxylic acids is 1. The molecule has 7 heteroatoms. The standard InChI is InChI=1S/C23H32N6O/c1-17-18(2)26-16-27-22(17)28-12-8-21(9-13-28)29-11-5-6-19(15-29)23(30)25-14-20-7-3-4-10-24-20/h3-4,7,10,16,19,21H,5-6,8-9,11-15H2,1-2H3,(H,25,30)/t19-/m1/s1. The molecular formula is C23H32N6O. The van der Waals surface area contributed by atoms with Crippen molar-refractivity contribution in [3.8, 4) is 0 Å². The van der Waals surface area contributed by atoms with Gasteiger partial charge in [-0.25, -0.2) is 9.97 Å². The minimum Gasteiger partial charge on any atom is -0.356 e. The molecule has 30 heavy (non-hydrogen) atoms. The number of aryl methyl sites for hydroxylation is 1. The first-order valence-electron chi connectivity index (χ1n) is 11.1. The van der Waals surface area contributed by atoms with Crippen LogP contribution in [0.4, 0.5) is 5.82 Å². The predicted octanol–water partition coefficient (Wildman–Crippen LogP) is 2.49. The number of hydrogen-bond donors (Lipinski definition) is 1. The van der Waals surface area contributed by atoms with Crippen LogP contribution in [0.3, 0.4) is 0 Å². The Balaban J connectivity index is 1.29. The third kappa shape index (κ3) is 4.78. The second-order valence-electron chi connectivity index (χ2n) is 8.50. The molecule has 2 saturated heterocycles. The number of hydrogen-bond acceptors (Lipinski definition) is 6. The lowest BCUT2D eigenvalue weighted by atomic mass is 9.93. The number of nitrogens with zero attached hydrogens (tertiary/aromatic N) is 5. The first-order valence-corrected chi connectivity index (χ1v) is 11.1. The molecule has 0 spiro atoms. The third-order valence-electron chi connectivity index (χ3n) is 6.58. The van der Waals surface area contributed by atoms with Crippen molar-refractivity contribution in [1.82, 2.24) is 25.2 Å². The summed E-state index contributed by atoms with van der Waals surface area (Å²) >= 11 is 0. The monoisotopic (exact) mass is 408 g/mol. The molecule has 0 radical (unpaired) electrons. The van der Waals surface area contributed by atoms with E-state index >= 15 is 0 Å². The van der Waals surface area contributed by atoms with Crippen LogP contribution in [0.25, 0.3) is 0 Å². The maximum absolute atomic E-state index is 12.7. The predicted molar refractivity (Wildman–Crippen MR) is 117 cm³/mol. The molecule has 7 nitrogen and oxygen atoms in total. The van der Waals surface area contributed by atoms with Gasteiger partial charge in [0, 0.05) is 43.1 Å². The molecule has 4 rings (SSSR count). The number of pyridine rings is 1. The van der Waals surface area contributed by atoms with Crippen molar-refractivity contribution in [2.75, 3.05) is 31.1 Å². The SMILES string of the molecule is Cc1ncnc(N2CCC(N3CCC[C@@H](C(=O)NCc4ccccn4)C3)CC2)c1C. The number of carbonyl (C=O) groups is 1. The summed E-state index contributed by atoms with van der Waals surface area (Å²) in [4.78, 5) is 30.8. The van der Waals surface area contributed by atoms with E-state index in [1.165, 1.54) is 5.56 Å². The first kappa shape index (κ1) is 20.7. The topological polar surface area (TPSA) is 74.2 Å². The van der Waals surface area contributed by atoms with Gasteiger partial charge in [-0.3, -0.25) is 14.7 Å². The van der Waals surface area contributed by atoms with E-state index in [2.05, 4.69) is 37.0 Å². The molecular weight excluding hydrogens is 376 g/mol. The molecule has 0 aliphatic carbocycles. The van der Waals surface area contributed by atoms with Crippen LogP contribution in [0, 0.1) is 19.8 Å². The normalized spacial score (nSPS) is 20.9. The van der Waals surface area contributed by atoms with E-state index in [1.54, 1.807) is 12.5 Å². The molecule has 1 amide bonds. The van der Waals surface area contributed by atoms with E-state index in [9.17, 15) is 4.79 Å². The fourth-order valence-corrected chi connectivity index (χ4v) is 4.66. The van der Waals surface area contributed by atoms with Gasteiger partial charge in [0.2, 0.25) is 5.91 Å². The zero-order valence-electron chi connectivity index (χ0n) is 18.0. The number of likely N-dealkylation sites (tertiary alicyclic amines) is 1. The van der Waals surface area contributed by atoms with Crippen molar-refractivity contribution in [2.45, 2.75) is 52.1 Å². The Morgan fingerprint density at radius 3 is 2.70 bits per heavy atom. The highest BCUT2D eigenvalue weighted by Crippen LogP contribution is 2.27. The van der Waals surface area contributed by atoms with Crippen LogP contribution in [0.1, 0.15) is 42.6 Å². The van der Waals surface area contributed by atoms with Gasteiger partial charge < -0.3 is 10.2 Å². The molecule has 1 atom stereocenters. The molecule has 160 valence electrons. The fraction of sp³-hybridized carbons (Fsp3) is 0.565. The van der Waals surface area contributed by atoms with Crippen molar-refractivity contribution in [1.29, 1.82) is 0 Å². The number of anilines is 1. The van der Waals surface area contributed by atoms with Crippen LogP contribution in [0.5, 0.6) is 0 Å². The first-order chi connectivity index (χ1) is 14.6. The third-order valence-corrected chi connectivity index (χ3v) is 6.58. The van der Waals surface area contributed by atoms with Gasteiger partial charge >= 0.3 is 0 Å². The van der Waals surface area contributed by atoms with Crippen LogP contribution < -0.4 is 10.2 Å². The molecule has 0 unspecified atom stereocenters. The lowest BCUT2D eigenvalue weighted by Gasteiger charge is -2.42. The van der Waals surface area contributed by atoms with Crippen molar-refractivity contribution < 1.29 is 4.79 Å². The lowest BCUT2D eigenvalue weighted by molar-refractivity contribution is -0.127. The zero-order valence-corrected chi connectivity index (χ0v) is 18.0. The Bertz CT molecular complexity index is 850. The molecule has 2 aromatic heterocycles. The average Bonchev–Trinajstić information content (AvgIpc) is 2.80. The molecule has 4 heterocycles. The summed E-state index contributed by atoms with van der Waals surface area (Å²) in [6.07, 6.45) is 7.73. The lowest BCUT2D eigenvalue weighted by Crippen LogP contribution is -2.51. The summed E-state index contributed by atoms with van der Waals surface area (Å²) in [6, 6.07) is 6.34. The smallest absolute Gasteiger partial charge is 0.224 e. The van der Waals surface area contributed by atoms with Crippen LogP contribution in [-0.4, -0.2) is 58.0 Å². The number of nitrogens with one attached hydrogen (secondary N) is 1. The van der Waals surface area contributed by atoms with Gasteiger partial charge in [0.15, 0.2) is 0 Å². The summed E-state index contributed by atoms with van der Waals surface area (Å²) in [6.45, 7) is 8.64. The molecule has 2 aliphatic heterocycles. The summed E-state index contributed by atoms with van der Waals surface area (Å²) in [7, 11) is 0. The van der Waals surface area contributed by atoms with E-state index < -0.39 is 0 Å². The number of amides is 1. The minimum atomic E-state index is 0.0762. The van der Waals surface area contributed by atoms with Crippen LogP contribution in [0.2, 0.25) is 0 Å². The highest BCUT2D eigenvalue weighted by molar-refractivity contribution is 5.78. The van der Waals surface area contributed by atoms with E-state index in [0.717, 1.165) is 69.1 Å². The fourth-order valence-electron chi connectivity index (χ4n) is 4.66. The maximum atomic E-state index is 12.7. The van der Waals surface area contributed by atoms with Crippen LogP contribution in [-0.2, 0) is 11.3 Å². The van der Waals surface area contributed by atoms with E-state index in [-0.39, 0.29) is 11.8 Å². The van der Waals surface area contributed by atoms with E-state index in [1.807, 2.05) is 25.1 Å². The summed E-state index contributed by atoms with van der Waals surface area (Å²) in [5, 5.41) is 3.08. The molecule has 2 aliphatic rings. The largest absolute Gasteiger partial charge is 0.356 e. The van der Waals surface area contributed by atoms with Gasteiger partial charge in [-0.15, -0.1) is 0 Å². The Hall–Kier alpha value is -2.54. The number of rotatable bonds is 5. The summed E-state index contributed by atoms with van der Waals surface area (Å²) in [5.74, 6) is 1.31. The van der Waals surface area contributed by atoms with E-state index in [0.29, 0.717) is 12.6 Å². The Kier molecular flexibility index (Phi) is 6.57. The van der Waals surface area contributed by atoms with Gasteiger partial charge in [-0.1, -0.05) is 6.07 Å². The van der Waals surface area contributed by atoms with Crippen molar-refractivity contribution in [2.24, 2.45) is 5.92 Å². The summed E-state index contributed by atoms with van der Waals surface area (Å²) in [5.41, 5.74) is 3.14. The number of piperidine rings is 2. The van der Waals surface area contributed by atoms with Gasteiger partial charge in [-0.05, 0) is 58.2 Å². The molecule has 0 aromatic carbocycles. The van der Waals surface area contributed by atoms with Gasteiger partial charge in [-0.2, -0.15) is 0 Å². The van der Waals surface area contributed by atoms with Gasteiger partial charge in [0.25, 0.3) is 0 Å². The van der Waals surface area contributed by atoms with Gasteiger partial charge in [0.05, 0.1) is 18.2 Å². The second kappa shape index (κ2) is 9.51. The zero-order chi connectivity index (χ0) is 20.9. The van der Waals surface area contributed by atoms with E-state index in [4.69, 9.17) is 0 Å². The molecule has 2 aromatic rings. The molecule has 1 N–H and O–H groups in total. The quantitative estimate of drug-likeness (QED) is 0.819. The van der Waals surface area contributed by atoms with Crippen molar-refractivity contribution >= 4 is 11.7 Å². The van der Waals surface area contributed by atoms with Crippen LogP contribution >= 0.6 is 0 Å². The van der Waals surface area contributed by atoms with Crippen LogP contribution in [0.15, 0.2) is 30.7 Å². The minimum absolute atomic E-state index is 0.0762. The van der Waals surface area contributed by atoms with Crippen molar-refractivity contribution in [3.63, 3.8) is 0 Å². The van der Waals surface area contributed by atoms with Gasteiger partial charge in [0.1, 0.15) is 12.1 Å². The van der Waals surface area contributed by atoms with Crippen molar-refractivity contribution in [3.05, 3.63) is 47.7 Å². The Morgan fingerprint density at radius 2 is 1.93 bits per heavy atom. The molecule has 2 fully saturated rings.